The first-order chi connectivity index (χ1) is 11.4. The van der Waals surface area contributed by atoms with Crippen LogP contribution in [-0.4, -0.2) is 20.6 Å². The van der Waals surface area contributed by atoms with Gasteiger partial charge in [-0.15, -0.1) is 11.3 Å². The maximum atomic E-state index is 12.7. The number of H-pyrrole nitrogens is 1. The maximum absolute atomic E-state index is 12.7. The van der Waals surface area contributed by atoms with Gasteiger partial charge in [0.05, 0.1) is 23.6 Å². The number of aromatic nitrogens is 2. The van der Waals surface area contributed by atoms with Crippen LogP contribution in [0.2, 0.25) is 0 Å². The van der Waals surface area contributed by atoms with Crippen molar-refractivity contribution in [3.05, 3.63) is 66.7 Å². The predicted molar refractivity (Wildman–Crippen MR) is 88.7 cm³/mol. The number of rotatable bonds is 3. The molecule has 0 unspecified atom stereocenters. The van der Waals surface area contributed by atoms with E-state index in [-0.39, 0.29) is 21.6 Å². The average Bonchev–Trinajstić information content (AvgIpc) is 2.88. The average molecular weight is 341 g/mol. The molecular weight excluding hydrogens is 330 g/mol. The number of aromatic carboxylic acids is 1. The highest BCUT2D eigenvalue weighted by atomic mass is 32.1. The first kappa shape index (κ1) is 15.7. The Hall–Kier alpha value is -3.18. The molecule has 8 heteroatoms. The van der Waals surface area contributed by atoms with Crippen molar-refractivity contribution in [3.63, 3.8) is 0 Å². The molecular formula is C16H11N3O4S. The minimum absolute atomic E-state index is 0.00266. The van der Waals surface area contributed by atoms with Crippen LogP contribution >= 0.6 is 11.3 Å². The Morgan fingerprint density at radius 3 is 2.83 bits per heavy atom. The van der Waals surface area contributed by atoms with Gasteiger partial charge in [-0.2, -0.15) is 5.26 Å². The Morgan fingerprint density at radius 1 is 1.42 bits per heavy atom. The first-order valence-electron chi connectivity index (χ1n) is 6.91. The number of aromatic amines is 1. The SMILES string of the molecule is Cc1c(C(=O)O)sc2[nH]c(=O)n(Cc3cccc(C#N)c3)c(=O)c12. The quantitative estimate of drug-likeness (QED) is 0.752. The van der Waals surface area contributed by atoms with Gasteiger partial charge in [-0.05, 0) is 30.2 Å². The van der Waals surface area contributed by atoms with E-state index < -0.39 is 17.2 Å². The fourth-order valence-electron chi connectivity index (χ4n) is 2.52. The first-order valence-corrected chi connectivity index (χ1v) is 7.72. The Labute approximate surface area is 139 Å². The number of hydrogen-bond acceptors (Lipinski definition) is 5. The zero-order valence-corrected chi connectivity index (χ0v) is 13.3. The second kappa shape index (κ2) is 5.79. The fraction of sp³-hybridized carbons (Fsp3) is 0.125. The van der Waals surface area contributed by atoms with E-state index >= 15 is 0 Å². The third-order valence-corrected chi connectivity index (χ3v) is 4.86. The van der Waals surface area contributed by atoms with Crippen LogP contribution in [0.3, 0.4) is 0 Å². The van der Waals surface area contributed by atoms with Crippen molar-refractivity contribution in [2.45, 2.75) is 13.5 Å². The summed E-state index contributed by atoms with van der Waals surface area (Å²) in [5.41, 5.74) is 0.235. The van der Waals surface area contributed by atoms with Crippen LogP contribution in [0.5, 0.6) is 0 Å². The lowest BCUT2D eigenvalue weighted by Crippen LogP contribution is -2.35. The Bertz CT molecular complexity index is 1130. The van der Waals surface area contributed by atoms with E-state index in [1.54, 1.807) is 31.2 Å². The molecule has 2 heterocycles. The molecule has 1 aromatic carbocycles. The molecule has 0 fully saturated rings. The summed E-state index contributed by atoms with van der Waals surface area (Å²) in [5.74, 6) is -1.14. The van der Waals surface area contributed by atoms with Gasteiger partial charge in [0.25, 0.3) is 5.56 Å². The molecule has 0 saturated heterocycles. The molecule has 0 amide bonds. The number of fused-ring (bicyclic) bond motifs is 1. The molecule has 0 radical (unpaired) electrons. The highest BCUT2D eigenvalue weighted by Crippen LogP contribution is 2.26. The van der Waals surface area contributed by atoms with E-state index in [4.69, 9.17) is 10.4 Å². The normalized spacial score (nSPS) is 10.7. The van der Waals surface area contributed by atoms with Crippen LogP contribution in [0, 0.1) is 18.3 Å². The summed E-state index contributed by atoms with van der Waals surface area (Å²) in [6, 6.07) is 8.60. The molecule has 0 aliphatic heterocycles. The molecule has 0 aliphatic carbocycles. The largest absolute Gasteiger partial charge is 0.477 e. The van der Waals surface area contributed by atoms with Crippen molar-refractivity contribution in [1.29, 1.82) is 5.26 Å². The topological polar surface area (TPSA) is 116 Å². The second-order valence-corrected chi connectivity index (χ2v) is 6.22. The zero-order chi connectivity index (χ0) is 17.4. The Kier molecular flexibility index (Phi) is 3.79. The van der Waals surface area contributed by atoms with E-state index in [2.05, 4.69) is 4.98 Å². The number of benzene rings is 1. The van der Waals surface area contributed by atoms with Gasteiger partial charge in [0, 0.05) is 0 Å². The lowest BCUT2D eigenvalue weighted by Gasteiger charge is -2.05. The molecule has 2 N–H and O–H groups in total. The van der Waals surface area contributed by atoms with Gasteiger partial charge >= 0.3 is 11.7 Å². The number of nitriles is 1. The standard InChI is InChI=1S/C16H11N3O4S/c1-8-11-13(24-12(8)15(21)22)18-16(23)19(14(11)20)7-10-4-2-3-9(5-10)6-17/h2-5H,7H2,1H3,(H,18,23)(H,21,22). The molecule has 0 bridgehead atoms. The van der Waals surface area contributed by atoms with Crippen molar-refractivity contribution in [1.82, 2.24) is 9.55 Å². The number of carboxylic acid groups (broad SMARTS) is 1. The molecule has 120 valence electrons. The van der Waals surface area contributed by atoms with Crippen LogP contribution in [-0.2, 0) is 6.54 Å². The van der Waals surface area contributed by atoms with Crippen LogP contribution in [0.15, 0.2) is 33.9 Å². The van der Waals surface area contributed by atoms with Crippen molar-refractivity contribution in [3.8, 4) is 6.07 Å². The van der Waals surface area contributed by atoms with Crippen molar-refractivity contribution in [2.75, 3.05) is 0 Å². The van der Waals surface area contributed by atoms with Crippen LogP contribution < -0.4 is 11.2 Å². The third-order valence-electron chi connectivity index (χ3n) is 3.66. The van der Waals surface area contributed by atoms with E-state index in [1.807, 2.05) is 6.07 Å². The Morgan fingerprint density at radius 2 is 2.17 bits per heavy atom. The number of nitrogens with zero attached hydrogens (tertiary/aromatic N) is 2. The molecule has 24 heavy (non-hydrogen) atoms. The second-order valence-electron chi connectivity index (χ2n) is 5.20. The molecule has 0 aliphatic rings. The summed E-state index contributed by atoms with van der Waals surface area (Å²) in [5, 5.41) is 18.3. The van der Waals surface area contributed by atoms with E-state index in [0.29, 0.717) is 16.7 Å². The number of carboxylic acids is 1. The summed E-state index contributed by atoms with van der Waals surface area (Å²) in [4.78, 5) is 38.9. The van der Waals surface area contributed by atoms with Crippen LogP contribution in [0.4, 0.5) is 0 Å². The van der Waals surface area contributed by atoms with E-state index in [1.165, 1.54) is 0 Å². The molecule has 3 aromatic rings. The number of carbonyl (C=O) groups is 1. The molecule has 7 nitrogen and oxygen atoms in total. The van der Waals surface area contributed by atoms with Gasteiger partial charge in [0.1, 0.15) is 9.71 Å². The van der Waals surface area contributed by atoms with Gasteiger partial charge in [-0.1, -0.05) is 12.1 Å². The van der Waals surface area contributed by atoms with Crippen molar-refractivity contribution in [2.24, 2.45) is 0 Å². The van der Waals surface area contributed by atoms with E-state index in [9.17, 15) is 14.4 Å². The molecule has 0 atom stereocenters. The highest BCUT2D eigenvalue weighted by molar-refractivity contribution is 7.20. The lowest BCUT2D eigenvalue weighted by atomic mass is 10.1. The third kappa shape index (κ3) is 2.51. The lowest BCUT2D eigenvalue weighted by molar-refractivity contribution is 0.0701. The number of nitrogens with one attached hydrogen (secondary N) is 1. The summed E-state index contributed by atoms with van der Waals surface area (Å²) >= 11 is 0.870. The molecule has 3 rings (SSSR count). The highest BCUT2D eigenvalue weighted by Gasteiger charge is 2.19. The predicted octanol–water partition coefficient (Wildman–Crippen LogP) is 1.68. The molecule has 2 aromatic heterocycles. The van der Waals surface area contributed by atoms with Gasteiger partial charge in [-0.3, -0.25) is 14.3 Å². The van der Waals surface area contributed by atoms with Crippen molar-refractivity contribution < 1.29 is 9.90 Å². The van der Waals surface area contributed by atoms with E-state index in [0.717, 1.165) is 15.9 Å². The van der Waals surface area contributed by atoms with Crippen LogP contribution in [0.25, 0.3) is 10.2 Å². The number of hydrogen-bond donors (Lipinski definition) is 2. The number of aryl methyl sites for hydroxylation is 1. The van der Waals surface area contributed by atoms with Gasteiger partial charge < -0.3 is 5.11 Å². The maximum Gasteiger partial charge on any atom is 0.346 e. The van der Waals surface area contributed by atoms with Gasteiger partial charge in [-0.25, -0.2) is 9.59 Å². The fourth-order valence-corrected chi connectivity index (χ4v) is 3.55. The molecule has 0 saturated carbocycles. The van der Waals surface area contributed by atoms with Gasteiger partial charge in [0.2, 0.25) is 0 Å². The summed E-state index contributed by atoms with van der Waals surface area (Å²) in [6.45, 7) is 1.54. The minimum Gasteiger partial charge on any atom is -0.477 e. The summed E-state index contributed by atoms with van der Waals surface area (Å²) < 4.78 is 1.00. The minimum atomic E-state index is -1.14. The Balaban J connectivity index is 2.20. The number of thiophene rings is 1. The summed E-state index contributed by atoms with van der Waals surface area (Å²) in [7, 11) is 0. The van der Waals surface area contributed by atoms with Gasteiger partial charge in [0.15, 0.2) is 0 Å². The smallest absolute Gasteiger partial charge is 0.346 e. The monoisotopic (exact) mass is 341 g/mol. The zero-order valence-electron chi connectivity index (χ0n) is 12.5. The summed E-state index contributed by atoms with van der Waals surface area (Å²) in [6.07, 6.45) is 0. The van der Waals surface area contributed by atoms with Crippen LogP contribution in [0.1, 0.15) is 26.4 Å². The molecule has 0 spiro atoms. The van der Waals surface area contributed by atoms with Crippen molar-refractivity contribution >= 4 is 27.5 Å².